The fraction of sp³-hybridized carbons (Fsp3) is 0.636. The predicted molar refractivity (Wildman–Crippen MR) is 61.8 cm³/mol. The van der Waals surface area contributed by atoms with Gasteiger partial charge in [-0.25, -0.2) is 4.79 Å². The Balaban J connectivity index is 2.23. The van der Waals surface area contributed by atoms with Gasteiger partial charge in [0.15, 0.2) is 5.69 Å². The molecule has 0 aromatic carbocycles. The Morgan fingerprint density at radius 2 is 2.42 bits per heavy atom. The van der Waals surface area contributed by atoms with Crippen molar-refractivity contribution in [2.75, 3.05) is 13.2 Å². The van der Waals surface area contributed by atoms with Crippen LogP contribution in [0.1, 0.15) is 36.0 Å². The molecule has 2 heterocycles. The van der Waals surface area contributed by atoms with Gasteiger partial charge in [-0.3, -0.25) is 10.1 Å². The topological polar surface area (TPSA) is 105 Å². The maximum Gasteiger partial charge on any atom is 0.384 e. The molecule has 1 aromatic rings. The zero-order valence-electron chi connectivity index (χ0n) is 10.5. The van der Waals surface area contributed by atoms with E-state index in [0.717, 1.165) is 12.8 Å². The Hall–Kier alpha value is -1.96. The lowest BCUT2D eigenvalue weighted by Gasteiger charge is -2.05. The van der Waals surface area contributed by atoms with E-state index in [0.29, 0.717) is 6.61 Å². The van der Waals surface area contributed by atoms with Gasteiger partial charge in [0.05, 0.1) is 17.6 Å². The van der Waals surface area contributed by atoms with Crippen molar-refractivity contribution in [1.82, 2.24) is 5.16 Å². The number of rotatable bonds is 5. The van der Waals surface area contributed by atoms with Crippen LogP contribution >= 0.6 is 0 Å². The first-order valence-corrected chi connectivity index (χ1v) is 6.05. The quantitative estimate of drug-likeness (QED) is 0.453. The van der Waals surface area contributed by atoms with Crippen molar-refractivity contribution in [1.29, 1.82) is 0 Å². The van der Waals surface area contributed by atoms with Crippen LogP contribution in [0.4, 0.5) is 5.69 Å². The SMILES string of the molecule is CCOC(=O)c1onc(CC2CCCO2)c1[N+](=O)[O-]. The van der Waals surface area contributed by atoms with Gasteiger partial charge in [-0.1, -0.05) is 5.16 Å². The van der Waals surface area contributed by atoms with Gasteiger partial charge < -0.3 is 14.0 Å². The first-order chi connectivity index (χ1) is 9.13. The van der Waals surface area contributed by atoms with Crippen LogP contribution in [0.25, 0.3) is 0 Å². The van der Waals surface area contributed by atoms with Crippen LogP contribution in [0.15, 0.2) is 4.52 Å². The lowest BCUT2D eigenvalue weighted by atomic mass is 10.1. The van der Waals surface area contributed by atoms with Crippen molar-refractivity contribution >= 4 is 11.7 Å². The average molecular weight is 270 g/mol. The highest BCUT2D eigenvalue weighted by Gasteiger charge is 2.34. The Morgan fingerprint density at radius 1 is 1.63 bits per heavy atom. The van der Waals surface area contributed by atoms with Gasteiger partial charge in [-0.05, 0) is 19.8 Å². The lowest BCUT2D eigenvalue weighted by molar-refractivity contribution is -0.386. The summed E-state index contributed by atoms with van der Waals surface area (Å²) in [5.74, 6) is -1.33. The van der Waals surface area contributed by atoms with Crippen molar-refractivity contribution in [3.05, 3.63) is 21.6 Å². The second kappa shape index (κ2) is 5.79. The normalized spacial score (nSPS) is 18.5. The average Bonchev–Trinajstić information content (AvgIpc) is 2.99. The molecule has 1 aromatic heterocycles. The minimum Gasteiger partial charge on any atom is -0.460 e. The molecular weight excluding hydrogens is 256 g/mol. The molecule has 19 heavy (non-hydrogen) atoms. The summed E-state index contributed by atoms with van der Waals surface area (Å²) in [6.45, 7) is 2.35. The molecule has 2 rings (SSSR count). The van der Waals surface area contributed by atoms with E-state index in [-0.39, 0.29) is 24.8 Å². The Labute approximate surface area is 108 Å². The van der Waals surface area contributed by atoms with E-state index < -0.39 is 22.3 Å². The Morgan fingerprint density at radius 3 is 3.00 bits per heavy atom. The van der Waals surface area contributed by atoms with Gasteiger partial charge in [0.1, 0.15) is 0 Å². The number of nitro groups is 1. The van der Waals surface area contributed by atoms with Gasteiger partial charge in [0.25, 0.3) is 0 Å². The van der Waals surface area contributed by atoms with E-state index in [2.05, 4.69) is 5.16 Å². The highest BCUT2D eigenvalue weighted by atomic mass is 16.6. The number of aromatic nitrogens is 1. The molecule has 0 spiro atoms. The van der Waals surface area contributed by atoms with Gasteiger partial charge in [-0.2, -0.15) is 0 Å². The number of hydrogen-bond acceptors (Lipinski definition) is 7. The number of nitrogens with zero attached hydrogens (tertiary/aromatic N) is 2. The van der Waals surface area contributed by atoms with E-state index in [1.54, 1.807) is 6.92 Å². The highest BCUT2D eigenvalue weighted by molar-refractivity contribution is 5.91. The van der Waals surface area contributed by atoms with Crippen LogP contribution in [-0.4, -0.2) is 35.4 Å². The maximum atomic E-state index is 11.5. The predicted octanol–water partition coefficient (Wildman–Crippen LogP) is 1.48. The largest absolute Gasteiger partial charge is 0.460 e. The Kier molecular flexibility index (Phi) is 4.10. The summed E-state index contributed by atoms with van der Waals surface area (Å²) in [6.07, 6.45) is 1.89. The summed E-state index contributed by atoms with van der Waals surface area (Å²) in [6, 6.07) is 0. The monoisotopic (exact) mass is 270 g/mol. The van der Waals surface area contributed by atoms with E-state index >= 15 is 0 Å². The summed E-state index contributed by atoms with van der Waals surface area (Å²) in [4.78, 5) is 21.9. The number of ether oxygens (including phenoxy) is 2. The summed E-state index contributed by atoms with van der Waals surface area (Å²) >= 11 is 0. The third-order valence-corrected chi connectivity index (χ3v) is 2.82. The molecule has 1 atom stereocenters. The van der Waals surface area contributed by atoms with Crippen LogP contribution in [0.2, 0.25) is 0 Å². The molecule has 0 amide bonds. The molecule has 0 aliphatic carbocycles. The second-order valence-corrected chi connectivity index (χ2v) is 4.12. The van der Waals surface area contributed by atoms with Crippen LogP contribution in [0.3, 0.4) is 0 Å². The maximum absolute atomic E-state index is 11.5. The van der Waals surface area contributed by atoms with Crippen molar-refractivity contribution in [2.24, 2.45) is 0 Å². The molecular formula is C11H14N2O6. The van der Waals surface area contributed by atoms with Crippen LogP contribution in [0, 0.1) is 10.1 Å². The number of hydrogen-bond donors (Lipinski definition) is 0. The smallest absolute Gasteiger partial charge is 0.384 e. The molecule has 1 saturated heterocycles. The number of carbonyl (C=O) groups excluding carboxylic acids is 1. The molecule has 0 radical (unpaired) electrons. The van der Waals surface area contributed by atoms with E-state index in [1.807, 2.05) is 0 Å². The second-order valence-electron chi connectivity index (χ2n) is 4.12. The standard InChI is InChI=1S/C11H14N2O6/c1-2-17-11(14)10-9(13(15)16)8(12-19-10)6-7-4-3-5-18-7/h7H,2-6H2,1H3. The first-order valence-electron chi connectivity index (χ1n) is 6.05. The van der Waals surface area contributed by atoms with Crippen LogP contribution in [0.5, 0.6) is 0 Å². The van der Waals surface area contributed by atoms with Crippen molar-refractivity contribution < 1.29 is 23.7 Å². The summed E-state index contributed by atoms with van der Waals surface area (Å²) < 4.78 is 14.8. The summed E-state index contributed by atoms with van der Waals surface area (Å²) in [7, 11) is 0. The molecule has 8 heteroatoms. The van der Waals surface area contributed by atoms with Crippen molar-refractivity contribution in [3.63, 3.8) is 0 Å². The third-order valence-electron chi connectivity index (χ3n) is 2.82. The minimum atomic E-state index is -0.875. The molecule has 0 bridgehead atoms. The first kappa shape index (κ1) is 13.5. The van der Waals surface area contributed by atoms with Gasteiger partial charge in [0, 0.05) is 13.0 Å². The molecule has 1 unspecified atom stereocenters. The number of carbonyl (C=O) groups is 1. The van der Waals surface area contributed by atoms with Crippen LogP contribution in [-0.2, 0) is 15.9 Å². The number of esters is 1. The molecule has 104 valence electrons. The van der Waals surface area contributed by atoms with Crippen LogP contribution < -0.4 is 0 Å². The Bertz CT molecular complexity index is 478. The van der Waals surface area contributed by atoms with Crippen molar-refractivity contribution in [3.8, 4) is 0 Å². The van der Waals surface area contributed by atoms with E-state index in [4.69, 9.17) is 14.0 Å². The van der Waals surface area contributed by atoms with Gasteiger partial charge in [0.2, 0.25) is 0 Å². The van der Waals surface area contributed by atoms with Gasteiger partial charge in [-0.15, -0.1) is 0 Å². The molecule has 0 N–H and O–H groups in total. The lowest BCUT2D eigenvalue weighted by Crippen LogP contribution is -2.11. The molecule has 0 saturated carbocycles. The summed E-state index contributed by atoms with van der Waals surface area (Å²) in [5.41, 5.74) is -0.297. The van der Waals surface area contributed by atoms with E-state index in [1.165, 1.54) is 0 Å². The molecule has 8 nitrogen and oxygen atoms in total. The summed E-state index contributed by atoms with van der Waals surface area (Å²) in [5, 5.41) is 14.6. The zero-order chi connectivity index (χ0) is 13.8. The minimum absolute atomic E-state index is 0.109. The van der Waals surface area contributed by atoms with E-state index in [9.17, 15) is 14.9 Å². The van der Waals surface area contributed by atoms with Crippen molar-refractivity contribution in [2.45, 2.75) is 32.3 Å². The van der Waals surface area contributed by atoms with Gasteiger partial charge >= 0.3 is 17.4 Å². The highest BCUT2D eigenvalue weighted by Crippen LogP contribution is 2.27. The zero-order valence-corrected chi connectivity index (χ0v) is 10.5. The molecule has 1 aliphatic rings. The molecule has 1 fully saturated rings. The fourth-order valence-corrected chi connectivity index (χ4v) is 1.99. The third kappa shape index (κ3) is 2.90. The fourth-order valence-electron chi connectivity index (χ4n) is 1.99. The molecule has 1 aliphatic heterocycles.